The number of rotatable bonds is 5. The van der Waals surface area contributed by atoms with Crippen LogP contribution in [0.15, 0.2) is 174 Å². The van der Waals surface area contributed by atoms with Crippen LogP contribution >= 0.6 is 0 Å². The molecule has 0 saturated carbocycles. The Bertz CT molecular complexity index is 2920. The zero-order chi connectivity index (χ0) is 37.8. The van der Waals surface area contributed by atoms with E-state index in [4.69, 9.17) is 9.40 Å². The van der Waals surface area contributed by atoms with E-state index in [2.05, 4.69) is 172 Å². The average Bonchev–Trinajstić information content (AvgIpc) is 3.86. The van der Waals surface area contributed by atoms with E-state index in [1.54, 1.807) is 0 Å². The smallest absolute Gasteiger partial charge is 0.227 e. The van der Waals surface area contributed by atoms with Crippen LogP contribution in [0.1, 0.15) is 49.9 Å². The molecule has 1 aromatic heterocycles. The summed E-state index contributed by atoms with van der Waals surface area (Å²) in [5, 5.41) is 2.19. The predicted molar refractivity (Wildman–Crippen MR) is 232 cm³/mol. The van der Waals surface area contributed by atoms with E-state index in [-0.39, 0.29) is 10.8 Å². The Morgan fingerprint density at radius 2 is 0.946 bits per heavy atom. The highest BCUT2D eigenvalue weighted by Gasteiger charge is 2.37. The van der Waals surface area contributed by atoms with Crippen molar-refractivity contribution in [1.29, 1.82) is 0 Å². The first-order chi connectivity index (χ1) is 27.3. The van der Waals surface area contributed by atoms with Crippen molar-refractivity contribution in [3.63, 3.8) is 0 Å². The lowest BCUT2D eigenvalue weighted by Gasteiger charge is -2.30. The molecule has 0 unspecified atom stereocenters. The lowest BCUT2D eigenvalue weighted by molar-refractivity contribution is 0.623. The first-order valence-electron chi connectivity index (χ1n) is 19.5. The molecule has 0 bridgehead atoms. The third-order valence-corrected chi connectivity index (χ3v) is 12.5. The molecule has 0 saturated heterocycles. The van der Waals surface area contributed by atoms with Gasteiger partial charge in [-0.25, -0.2) is 4.98 Å². The van der Waals surface area contributed by atoms with Gasteiger partial charge in [-0.1, -0.05) is 143 Å². The maximum absolute atomic E-state index is 6.54. The van der Waals surface area contributed by atoms with E-state index < -0.39 is 0 Å². The van der Waals surface area contributed by atoms with Gasteiger partial charge in [0, 0.05) is 44.4 Å². The van der Waals surface area contributed by atoms with Crippen LogP contribution in [-0.2, 0) is 10.8 Å². The molecule has 0 N–H and O–H groups in total. The molecule has 0 atom stereocenters. The highest BCUT2D eigenvalue weighted by atomic mass is 16.3. The Morgan fingerprint density at radius 1 is 0.429 bits per heavy atom. The van der Waals surface area contributed by atoms with Crippen molar-refractivity contribution in [2.45, 2.75) is 38.5 Å². The number of nitrogens with zero attached hydrogens (tertiary/aromatic N) is 2. The summed E-state index contributed by atoms with van der Waals surface area (Å²) in [6.07, 6.45) is 0. The lowest BCUT2D eigenvalue weighted by Crippen LogP contribution is -2.18. The normalized spacial score (nSPS) is 14.4. The van der Waals surface area contributed by atoms with E-state index in [0.717, 1.165) is 55.6 Å². The molecule has 9 aromatic rings. The number of benzene rings is 8. The van der Waals surface area contributed by atoms with Gasteiger partial charge in [-0.05, 0) is 110 Å². The summed E-state index contributed by atoms with van der Waals surface area (Å²) in [6, 6.07) is 61.7. The Labute approximate surface area is 327 Å². The van der Waals surface area contributed by atoms with Crippen LogP contribution < -0.4 is 4.90 Å². The molecule has 0 amide bonds. The summed E-state index contributed by atoms with van der Waals surface area (Å²) in [5.41, 5.74) is 18.7. The van der Waals surface area contributed by atoms with Crippen LogP contribution in [-0.4, -0.2) is 4.98 Å². The first-order valence-corrected chi connectivity index (χ1v) is 19.5. The predicted octanol–water partition coefficient (Wildman–Crippen LogP) is 14.4. The van der Waals surface area contributed by atoms with Crippen molar-refractivity contribution < 1.29 is 4.42 Å². The molecule has 268 valence electrons. The van der Waals surface area contributed by atoms with Gasteiger partial charge in [-0.3, -0.25) is 0 Å². The van der Waals surface area contributed by atoms with Crippen molar-refractivity contribution in [3.05, 3.63) is 192 Å². The number of hydrogen-bond acceptors (Lipinski definition) is 3. The average molecular weight is 721 g/mol. The molecule has 0 radical (unpaired) electrons. The maximum Gasteiger partial charge on any atom is 0.227 e. The largest absolute Gasteiger partial charge is 0.435 e. The van der Waals surface area contributed by atoms with Gasteiger partial charge in [0.1, 0.15) is 5.52 Å². The van der Waals surface area contributed by atoms with Crippen molar-refractivity contribution in [2.75, 3.05) is 4.90 Å². The summed E-state index contributed by atoms with van der Waals surface area (Å²) in [4.78, 5) is 7.55. The van der Waals surface area contributed by atoms with Crippen molar-refractivity contribution in [2.24, 2.45) is 0 Å². The third-order valence-electron chi connectivity index (χ3n) is 12.5. The van der Waals surface area contributed by atoms with Gasteiger partial charge < -0.3 is 9.32 Å². The second kappa shape index (κ2) is 11.9. The Kier molecular flexibility index (Phi) is 6.94. The molecular formula is C53H40N2O. The standard InChI is InChI=1S/C53H40N2O/c1-52(2)45-20-12-10-18-40(45)42-28-26-37(31-47(42)52)55(38-27-29-43-41-19-11-13-21-46(41)53(3,4)48(43)32-38)36-24-22-33(23-25-36)44-30-35-16-8-9-17-39(35)50-49(44)54-51(56-50)34-14-6-5-7-15-34/h5-32H,1-4H3. The number of anilines is 3. The molecule has 11 rings (SSSR count). The third kappa shape index (κ3) is 4.73. The van der Waals surface area contributed by atoms with Crippen LogP contribution in [0.3, 0.4) is 0 Å². The fourth-order valence-electron chi connectivity index (χ4n) is 9.56. The quantitative estimate of drug-likeness (QED) is 0.177. The zero-order valence-corrected chi connectivity index (χ0v) is 32.0. The van der Waals surface area contributed by atoms with Gasteiger partial charge in [-0.2, -0.15) is 0 Å². The van der Waals surface area contributed by atoms with Gasteiger partial charge in [0.2, 0.25) is 5.89 Å². The molecule has 56 heavy (non-hydrogen) atoms. The summed E-state index contributed by atoms with van der Waals surface area (Å²) < 4.78 is 6.54. The second-order valence-corrected chi connectivity index (χ2v) is 16.4. The molecule has 0 aliphatic heterocycles. The number of oxazole rings is 1. The Morgan fingerprint density at radius 3 is 1.57 bits per heavy atom. The van der Waals surface area contributed by atoms with E-state index in [0.29, 0.717) is 5.89 Å². The Hall–Kier alpha value is -6.71. The first kappa shape index (κ1) is 32.7. The molecule has 3 nitrogen and oxygen atoms in total. The molecule has 8 aromatic carbocycles. The van der Waals surface area contributed by atoms with Gasteiger partial charge >= 0.3 is 0 Å². The highest BCUT2D eigenvalue weighted by molar-refractivity contribution is 6.10. The lowest BCUT2D eigenvalue weighted by atomic mass is 9.82. The van der Waals surface area contributed by atoms with E-state index >= 15 is 0 Å². The van der Waals surface area contributed by atoms with Gasteiger partial charge in [0.25, 0.3) is 0 Å². The molecule has 0 spiro atoms. The SMILES string of the molecule is CC1(C)c2ccccc2-c2ccc(N(c3ccc(-c4cc5ccccc5c5oc(-c6ccccc6)nc45)cc3)c3ccc4c(c3)C(C)(C)c3ccccc3-4)cc21. The van der Waals surface area contributed by atoms with Crippen LogP contribution in [0.4, 0.5) is 17.1 Å². The summed E-state index contributed by atoms with van der Waals surface area (Å²) >= 11 is 0. The summed E-state index contributed by atoms with van der Waals surface area (Å²) in [5.74, 6) is 0.629. The Balaban J connectivity index is 1.07. The van der Waals surface area contributed by atoms with Crippen LogP contribution in [0.25, 0.3) is 66.7 Å². The van der Waals surface area contributed by atoms with Crippen LogP contribution in [0, 0.1) is 0 Å². The van der Waals surface area contributed by atoms with Crippen molar-refractivity contribution in [1.82, 2.24) is 4.98 Å². The van der Waals surface area contributed by atoms with E-state index in [1.807, 2.05) is 30.3 Å². The summed E-state index contributed by atoms with van der Waals surface area (Å²) in [7, 11) is 0. The minimum Gasteiger partial charge on any atom is -0.435 e. The number of aromatic nitrogens is 1. The molecule has 2 aliphatic carbocycles. The fourth-order valence-corrected chi connectivity index (χ4v) is 9.56. The number of hydrogen-bond donors (Lipinski definition) is 0. The molecule has 0 fully saturated rings. The maximum atomic E-state index is 6.54. The van der Waals surface area contributed by atoms with E-state index in [1.165, 1.54) is 44.5 Å². The monoisotopic (exact) mass is 720 g/mol. The van der Waals surface area contributed by atoms with Gasteiger partial charge in [0.05, 0.1) is 0 Å². The van der Waals surface area contributed by atoms with Crippen LogP contribution in [0.5, 0.6) is 0 Å². The molecular weight excluding hydrogens is 681 g/mol. The fraction of sp³-hybridized carbons (Fsp3) is 0.113. The minimum atomic E-state index is -0.114. The molecule has 1 heterocycles. The minimum absolute atomic E-state index is 0.114. The number of fused-ring (bicyclic) bond motifs is 9. The van der Waals surface area contributed by atoms with Crippen molar-refractivity contribution in [3.8, 4) is 44.8 Å². The second-order valence-electron chi connectivity index (χ2n) is 16.4. The van der Waals surface area contributed by atoms with Gasteiger partial charge in [-0.15, -0.1) is 0 Å². The summed E-state index contributed by atoms with van der Waals surface area (Å²) in [6.45, 7) is 9.42. The molecule has 2 aliphatic rings. The zero-order valence-electron chi connectivity index (χ0n) is 32.0. The van der Waals surface area contributed by atoms with Gasteiger partial charge in [0.15, 0.2) is 5.58 Å². The molecule has 3 heteroatoms. The topological polar surface area (TPSA) is 29.3 Å². The van der Waals surface area contributed by atoms with E-state index in [9.17, 15) is 0 Å². The highest BCUT2D eigenvalue weighted by Crippen LogP contribution is 2.53. The van der Waals surface area contributed by atoms with Crippen LogP contribution in [0.2, 0.25) is 0 Å². The van der Waals surface area contributed by atoms with Crippen molar-refractivity contribution >= 4 is 38.9 Å².